The Hall–Kier alpha value is -1.92. The molecule has 1 saturated carbocycles. The Morgan fingerprint density at radius 1 is 1.26 bits per heavy atom. The third-order valence-electron chi connectivity index (χ3n) is 7.07. The number of halogens is 1. The largest absolute Gasteiger partial charge is 0.478 e. The summed E-state index contributed by atoms with van der Waals surface area (Å²) in [6, 6.07) is 0. The molecule has 2 bridgehead atoms. The summed E-state index contributed by atoms with van der Waals surface area (Å²) in [5.74, 6) is 1.32. The molecule has 0 amide bonds. The minimum atomic E-state index is -0.209. The molecule has 5 rings (SSSR count). The van der Waals surface area contributed by atoms with E-state index in [0.717, 1.165) is 30.2 Å². The molecule has 3 saturated heterocycles. The van der Waals surface area contributed by atoms with Crippen molar-refractivity contribution in [1.29, 1.82) is 0 Å². The smallest absolute Gasteiger partial charge is 0.191 e. The van der Waals surface area contributed by atoms with Crippen LogP contribution in [0.2, 0.25) is 0 Å². The highest BCUT2D eigenvalue weighted by Crippen LogP contribution is 2.42. The molecule has 1 N–H and O–H groups in total. The van der Waals surface area contributed by atoms with Gasteiger partial charge in [0.05, 0.1) is 17.0 Å². The molecule has 6 heteroatoms. The van der Waals surface area contributed by atoms with Crippen molar-refractivity contribution < 1.29 is 9.13 Å². The lowest BCUT2D eigenvalue weighted by molar-refractivity contribution is -0.0258. The van der Waals surface area contributed by atoms with Gasteiger partial charge in [-0.2, -0.15) is 0 Å². The molecule has 3 aliphatic heterocycles. The summed E-state index contributed by atoms with van der Waals surface area (Å²) in [4.78, 5) is 7.91. The molecule has 1 aliphatic carbocycles. The van der Waals surface area contributed by atoms with Gasteiger partial charge in [0.25, 0.3) is 0 Å². The monoisotopic (exact) mass is 443 g/mol. The van der Waals surface area contributed by atoms with Crippen LogP contribution in [0.25, 0.3) is 5.57 Å². The van der Waals surface area contributed by atoms with E-state index in [4.69, 9.17) is 4.74 Å². The highest BCUT2D eigenvalue weighted by molar-refractivity contribution is 7.11. The molecule has 168 valence electrons. The van der Waals surface area contributed by atoms with Gasteiger partial charge in [-0.1, -0.05) is 18.2 Å². The average molecular weight is 444 g/mol. The summed E-state index contributed by atoms with van der Waals surface area (Å²) in [6.45, 7) is 9.91. The summed E-state index contributed by atoms with van der Waals surface area (Å²) in [6.07, 6.45) is 12.5. The van der Waals surface area contributed by atoms with Crippen molar-refractivity contribution in [3.63, 3.8) is 0 Å². The minimum absolute atomic E-state index is 0.209. The summed E-state index contributed by atoms with van der Waals surface area (Å²) in [7, 11) is 0. The first-order valence-corrected chi connectivity index (χ1v) is 12.4. The van der Waals surface area contributed by atoms with Gasteiger partial charge in [0.2, 0.25) is 0 Å². The van der Waals surface area contributed by atoms with Crippen LogP contribution < -0.4 is 5.32 Å². The van der Waals surface area contributed by atoms with E-state index in [0.29, 0.717) is 22.4 Å². The van der Waals surface area contributed by atoms with Gasteiger partial charge in [-0.25, -0.2) is 9.37 Å². The summed E-state index contributed by atoms with van der Waals surface area (Å²) in [5, 5.41) is 3.47. The van der Waals surface area contributed by atoms with Crippen LogP contribution in [0.15, 0.2) is 46.6 Å². The molecule has 4 heterocycles. The van der Waals surface area contributed by atoms with Crippen LogP contribution in [0.4, 0.5) is 10.2 Å². The first-order chi connectivity index (χ1) is 15.0. The SMILES string of the molecule is C\C=C/C(=C(F)\C(C)=C/C)c1scnc1NC(OCC12CCN(CC1)CC2)=C1CCC1. The Kier molecular flexibility index (Phi) is 6.97. The van der Waals surface area contributed by atoms with Gasteiger partial charge in [0.1, 0.15) is 5.83 Å². The van der Waals surface area contributed by atoms with Gasteiger partial charge >= 0.3 is 0 Å². The molecular weight excluding hydrogens is 409 g/mol. The number of piperidine rings is 3. The Morgan fingerprint density at radius 3 is 2.55 bits per heavy atom. The number of fused-ring (bicyclic) bond motifs is 3. The molecule has 4 nitrogen and oxygen atoms in total. The molecule has 1 aromatic heterocycles. The number of ether oxygens (including phenoxy) is 1. The normalized spacial score (nSPS) is 26.6. The Labute approximate surface area is 189 Å². The lowest BCUT2D eigenvalue weighted by atomic mass is 9.73. The number of aromatic nitrogens is 1. The van der Waals surface area contributed by atoms with Crippen LogP contribution in [0, 0.1) is 5.41 Å². The molecule has 4 fully saturated rings. The number of thiazole rings is 1. The highest BCUT2D eigenvalue weighted by Gasteiger charge is 2.40. The van der Waals surface area contributed by atoms with Crippen LogP contribution in [0.3, 0.4) is 0 Å². The van der Waals surface area contributed by atoms with Crippen molar-refractivity contribution >= 4 is 22.7 Å². The molecule has 0 aromatic carbocycles. The third kappa shape index (κ3) is 4.80. The van der Waals surface area contributed by atoms with Crippen LogP contribution in [0.1, 0.15) is 64.2 Å². The molecule has 0 spiro atoms. The van der Waals surface area contributed by atoms with Crippen molar-refractivity contribution in [2.24, 2.45) is 5.41 Å². The van der Waals surface area contributed by atoms with Gasteiger partial charge in [0, 0.05) is 11.0 Å². The predicted octanol–water partition coefficient (Wildman–Crippen LogP) is 6.68. The summed E-state index contributed by atoms with van der Waals surface area (Å²) < 4.78 is 21.6. The van der Waals surface area contributed by atoms with Gasteiger partial charge in [-0.15, -0.1) is 11.3 Å². The second kappa shape index (κ2) is 9.70. The lowest BCUT2D eigenvalue weighted by Crippen LogP contribution is -2.50. The van der Waals surface area contributed by atoms with Gasteiger partial charge in [-0.05, 0) is 90.1 Å². The molecule has 4 aliphatic rings. The molecule has 1 aromatic rings. The van der Waals surface area contributed by atoms with Crippen LogP contribution in [-0.4, -0.2) is 36.1 Å². The van der Waals surface area contributed by atoms with Crippen molar-refractivity contribution in [2.45, 2.75) is 59.3 Å². The molecule has 0 atom stereocenters. The topological polar surface area (TPSA) is 37.4 Å². The number of nitrogens with zero attached hydrogens (tertiary/aromatic N) is 2. The molecular formula is C25H34FN3OS. The number of anilines is 1. The van der Waals surface area contributed by atoms with Crippen LogP contribution in [0.5, 0.6) is 0 Å². The van der Waals surface area contributed by atoms with E-state index in [1.165, 1.54) is 62.2 Å². The fraction of sp³-hybridized carbons (Fsp3) is 0.560. The van der Waals surface area contributed by atoms with E-state index < -0.39 is 0 Å². The van der Waals surface area contributed by atoms with Crippen LogP contribution >= 0.6 is 11.3 Å². The third-order valence-corrected chi connectivity index (χ3v) is 7.93. The number of nitrogens with one attached hydrogen (secondary N) is 1. The van der Waals surface area contributed by atoms with Crippen molar-refractivity contribution in [2.75, 3.05) is 31.6 Å². The zero-order valence-electron chi connectivity index (χ0n) is 19.0. The van der Waals surface area contributed by atoms with Crippen LogP contribution in [-0.2, 0) is 4.74 Å². The standard InChI is InChI=1S/C25H34FN3OS/c1-4-7-20(21(26)18(3)5-2)22-23(27-17-31-22)28-24(19-8-6-9-19)30-16-25-10-13-29(14-11-25)15-12-25/h4-5,7,17,28H,6,8-16H2,1-3H3/b7-4-,18-5-,21-20-. The Balaban J connectivity index is 1.56. The molecule has 31 heavy (non-hydrogen) atoms. The second-order valence-corrected chi connectivity index (χ2v) is 9.88. The summed E-state index contributed by atoms with van der Waals surface area (Å²) in [5.41, 5.74) is 4.61. The fourth-order valence-electron chi connectivity index (χ4n) is 4.53. The van der Waals surface area contributed by atoms with Crippen molar-refractivity contribution in [1.82, 2.24) is 9.88 Å². The molecule has 0 radical (unpaired) electrons. The van der Waals surface area contributed by atoms with Crippen molar-refractivity contribution in [3.05, 3.63) is 51.5 Å². The summed E-state index contributed by atoms with van der Waals surface area (Å²) >= 11 is 1.46. The maximum absolute atomic E-state index is 15.1. The molecule has 0 unspecified atom stereocenters. The Bertz CT molecular complexity index is 899. The number of hydrogen-bond donors (Lipinski definition) is 1. The lowest BCUT2D eigenvalue weighted by Gasteiger charge is -2.48. The van der Waals surface area contributed by atoms with E-state index in [1.54, 1.807) is 18.5 Å². The highest BCUT2D eigenvalue weighted by atomic mass is 32.1. The first kappa shape index (κ1) is 22.3. The zero-order valence-corrected chi connectivity index (χ0v) is 19.8. The fourth-order valence-corrected chi connectivity index (χ4v) is 5.30. The number of hydrogen-bond acceptors (Lipinski definition) is 5. The number of rotatable bonds is 8. The van der Waals surface area contributed by atoms with Gasteiger partial charge in [-0.3, -0.25) is 0 Å². The van der Waals surface area contributed by atoms with E-state index in [2.05, 4.69) is 15.2 Å². The zero-order chi connectivity index (χ0) is 21.8. The quantitative estimate of drug-likeness (QED) is 0.359. The predicted molar refractivity (Wildman–Crippen MR) is 128 cm³/mol. The van der Waals surface area contributed by atoms with Crippen molar-refractivity contribution in [3.8, 4) is 0 Å². The second-order valence-electron chi connectivity index (χ2n) is 9.02. The average Bonchev–Trinajstić information content (AvgIpc) is 3.22. The minimum Gasteiger partial charge on any atom is -0.478 e. The first-order valence-electron chi connectivity index (χ1n) is 11.5. The van der Waals surface area contributed by atoms with Gasteiger partial charge in [0.15, 0.2) is 11.7 Å². The van der Waals surface area contributed by atoms with E-state index in [1.807, 2.05) is 26.0 Å². The van der Waals surface area contributed by atoms with E-state index >= 15 is 4.39 Å². The van der Waals surface area contributed by atoms with Gasteiger partial charge < -0.3 is 15.0 Å². The number of allylic oxidation sites excluding steroid dienone is 7. The van der Waals surface area contributed by atoms with E-state index in [-0.39, 0.29) is 5.83 Å². The maximum atomic E-state index is 15.1. The Morgan fingerprint density at radius 2 is 1.97 bits per heavy atom. The maximum Gasteiger partial charge on any atom is 0.191 e. The van der Waals surface area contributed by atoms with E-state index in [9.17, 15) is 0 Å².